The summed E-state index contributed by atoms with van der Waals surface area (Å²) in [6.07, 6.45) is -0.00568. The second-order valence-corrected chi connectivity index (χ2v) is 4.22. The van der Waals surface area contributed by atoms with Crippen LogP contribution in [0.2, 0.25) is 0 Å². The summed E-state index contributed by atoms with van der Waals surface area (Å²) in [5.41, 5.74) is 7.73. The third-order valence-corrected chi connectivity index (χ3v) is 2.81. The van der Waals surface area contributed by atoms with E-state index in [0.29, 0.717) is 6.54 Å². The highest BCUT2D eigenvalue weighted by molar-refractivity contribution is 5.67. The highest BCUT2D eigenvalue weighted by Crippen LogP contribution is 2.25. The maximum Gasteiger partial charge on any atom is 0.0984 e. The Bertz CT molecular complexity index is 357. The number of morpholine rings is 1. The van der Waals surface area contributed by atoms with Crippen LogP contribution in [-0.4, -0.2) is 37.0 Å². The Morgan fingerprint density at radius 1 is 1.44 bits per heavy atom. The molecule has 1 heterocycles. The number of aliphatic hydroxyl groups is 1. The molecule has 1 aromatic carbocycles. The maximum absolute atomic E-state index is 9.16. The molecule has 4 heteroatoms. The van der Waals surface area contributed by atoms with Gasteiger partial charge >= 0.3 is 0 Å². The molecular weight excluding hydrogens is 204 g/mol. The molecule has 2 rings (SSSR count). The molecule has 16 heavy (non-hydrogen) atoms. The molecule has 2 atom stereocenters. The van der Waals surface area contributed by atoms with E-state index in [0.717, 1.165) is 17.9 Å². The Morgan fingerprint density at radius 3 is 2.88 bits per heavy atom. The lowest BCUT2D eigenvalue weighted by Crippen LogP contribution is -2.48. The van der Waals surface area contributed by atoms with Crippen LogP contribution in [-0.2, 0) is 4.74 Å². The SMILES string of the molecule is CC1CN(c2ccccc2N)CC(CO)O1. The number of hydrogen-bond donors (Lipinski definition) is 2. The van der Waals surface area contributed by atoms with Gasteiger partial charge in [0, 0.05) is 13.1 Å². The van der Waals surface area contributed by atoms with Gasteiger partial charge in [-0.2, -0.15) is 0 Å². The molecule has 1 fully saturated rings. The number of ether oxygens (including phenoxy) is 1. The van der Waals surface area contributed by atoms with Crippen LogP contribution in [0, 0.1) is 0 Å². The molecule has 2 unspecified atom stereocenters. The van der Waals surface area contributed by atoms with E-state index in [-0.39, 0.29) is 18.8 Å². The molecule has 1 aromatic rings. The fourth-order valence-electron chi connectivity index (χ4n) is 2.12. The average Bonchev–Trinajstić information content (AvgIpc) is 2.28. The molecule has 0 amide bonds. The Kier molecular flexibility index (Phi) is 3.31. The van der Waals surface area contributed by atoms with Gasteiger partial charge in [-0.1, -0.05) is 12.1 Å². The van der Waals surface area contributed by atoms with E-state index in [1.807, 2.05) is 31.2 Å². The summed E-state index contributed by atoms with van der Waals surface area (Å²) in [6, 6.07) is 7.79. The minimum Gasteiger partial charge on any atom is -0.397 e. The van der Waals surface area contributed by atoms with Crippen LogP contribution >= 0.6 is 0 Å². The molecule has 4 nitrogen and oxygen atoms in total. The minimum atomic E-state index is -0.122. The van der Waals surface area contributed by atoms with E-state index in [1.54, 1.807) is 0 Å². The number of para-hydroxylation sites is 2. The molecule has 0 aromatic heterocycles. The molecule has 0 radical (unpaired) electrons. The smallest absolute Gasteiger partial charge is 0.0984 e. The third kappa shape index (κ3) is 2.28. The second kappa shape index (κ2) is 4.72. The van der Waals surface area contributed by atoms with Crippen LogP contribution in [0.15, 0.2) is 24.3 Å². The maximum atomic E-state index is 9.16. The third-order valence-electron chi connectivity index (χ3n) is 2.81. The van der Waals surface area contributed by atoms with Crippen molar-refractivity contribution in [3.8, 4) is 0 Å². The van der Waals surface area contributed by atoms with Gasteiger partial charge in [0.05, 0.1) is 30.2 Å². The Hall–Kier alpha value is -1.26. The summed E-state index contributed by atoms with van der Waals surface area (Å²) in [7, 11) is 0. The fraction of sp³-hybridized carbons (Fsp3) is 0.500. The van der Waals surface area contributed by atoms with Gasteiger partial charge < -0.3 is 20.5 Å². The standard InChI is InChI=1S/C12H18N2O2/c1-9-6-14(7-10(8-15)16-9)12-5-3-2-4-11(12)13/h2-5,9-10,15H,6-8,13H2,1H3. The predicted octanol–water partition coefficient (Wildman–Crippen LogP) is 0.855. The number of rotatable bonds is 2. The van der Waals surface area contributed by atoms with Crippen molar-refractivity contribution in [2.45, 2.75) is 19.1 Å². The predicted molar refractivity (Wildman–Crippen MR) is 64.5 cm³/mol. The van der Waals surface area contributed by atoms with E-state index in [2.05, 4.69) is 4.90 Å². The van der Waals surface area contributed by atoms with Gasteiger partial charge in [-0.25, -0.2) is 0 Å². The molecule has 3 N–H and O–H groups in total. The summed E-state index contributed by atoms with van der Waals surface area (Å²) < 4.78 is 5.59. The average molecular weight is 222 g/mol. The second-order valence-electron chi connectivity index (χ2n) is 4.22. The lowest BCUT2D eigenvalue weighted by molar-refractivity contribution is -0.0420. The molecular formula is C12H18N2O2. The molecule has 0 bridgehead atoms. The lowest BCUT2D eigenvalue weighted by Gasteiger charge is -2.38. The normalized spacial score (nSPS) is 25.8. The van der Waals surface area contributed by atoms with Gasteiger partial charge in [-0.05, 0) is 19.1 Å². The van der Waals surface area contributed by atoms with Crippen molar-refractivity contribution in [2.24, 2.45) is 0 Å². The van der Waals surface area contributed by atoms with Crippen molar-refractivity contribution in [1.29, 1.82) is 0 Å². The fourth-order valence-corrected chi connectivity index (χ4v) is 2.12. The molecule has 0 spiro atoms. The van der Waals surface area contributed by atoms with Crippen LogP contribution in [0.3, 0.4) is 0 Å². The van der Waals surface area contributed by atoms with E-state index < -0.39 is 0 Å². The number of hydrogen-bond acceptors (Lipinski definition) is 4. The van der Waals surface area contributed by atoms with Gasteiger partial charge in [0.15, 0.2) is 0 Å². The molecule has 1 saturated heterocycles. The number of benzene rings is 1. The van der Waals surface area contributed by atoms with Crippen LogP contribution in [0.4, 0.5) is 11.4 Å². The van der Waals surface area contributed by atoms with Crippen molar-refractivity contribution in [2.75, 3.05) is 30.3 Å². The van der Waals surface area contributed by atoms with Crippen molar-refractivity contribution in [1.82, 2.24) is 0 Å². The quantitative estimate of drug-likeness (QED) is 0.728. The first-order valence-electron chi connectivity index (χ1n) is 5.56. The zero-order valence-electron chi connectivity index (χ0n) is 9.47. The number of nitrogens with two attached hydrogens (primary N) is 1. The summed E-state index contributed by atoms with van der Waals surface area (Å²) in [6.45, 7) is 3.56. The first-order chi connectivity index (χ1) is 7.70. The van der Waals surface area contributed by atoms with Crippen molar-refractivity contribution in [3.63, 3.8) is 0 Å². The summed E-state index contributed by atoms with van der Waals surface area (Å²) in [5.74, 6) is 0. The molecule has 1 aliphatic rings. The number of nitrogen functional groups attached to an aromatic ring is 1. The Labute approximate surface area is 95.6 Å². The number of aliphatic hydroxyl groups excluding tert-OH is 1. The van der Waals surface area contributed by atoms with Crippen LogP contribution in [0.5, 0.6) is 0 Å². The lowest BCUT2D eigenvalue weighted by atomic mass is 10.1. The first kappa shape index (κ1) is 11.2. The zero-order valence-corrected chi connectivity index (χ0v) is 9.47. The van der Waals surface area contributed by atoms with Gasteiger partial charge in [-0.3, -0.25) is 0 Å². The largest absolute Gasteiger partial charge is 0.397 e. The number of anilines is 2. The topological polar surface area (TPSA) is 58.7 Å². The van der Waals surface area contributed by atoms with Gasteiger partial charge in [0.2, 0.25) is 0 Å². The summed E-state index contributed by atoms with van der Waals surface area (Å²) in [4.78, 5) is 2.17. The van der Waals surface area contributed by atoms with Crippen LogP contribution in [0.1, 0.15) is 6.92 Å². The van der Waals surface area contributed by atoms with Crippen molar-refractivity contribution < 1.29 is 9.84 Å². The van der Waals surface area contributed by atoms with Crippen molar-refractivity contribution in [3.05, 3.63) is 24.3 Å². The van der Waals surface area contributed by atoms with E-state index in [1.165, 1.54) is 0 Å². The monoisotopic (exact) mass is 222 g/mol. The first-order valence-corrected chi connectivity index (χ1v) is 5.56. The molecule has 0 saturated carbocycles. The van der Waals surface area contributed by atoms with Gasteiger partial charge in [0.1, 0.15) is 0 Å². The highest BCUT2D eigenvalue weighted by Gasteiger charge is 2.25. The van der Waals surface area contributed by atoms with E-state index in [4.69, 9.17) is 15.6 Å². The van der Waals surface area contributed by atoms with Gasteiger partial charge in [-0.15, -0.1) is 0 Å². The van der Waals surface area contributed by atoms with E-state index >= 15 is 0 Å². The molecule has 0 aliphatic carbocycles. The van der Waals surface area contributed by atoms with Gasteiger partial charge in [0.25, 0.3) is 0 Å². The van der Waals surface area contributed by atoms with Crippen LogP contribution in [0.25, 0.3) is 0 Å². The Morgan fingerprint density at radius 2 is 2.19 bits per heavy atom. The highest BCUT2D eigenvalue weighted by atomic mass is 16.5. The summed E-state index contributed by atoms with van der Waals surface area (Å²) in [5, 5.41) is 9.16. The molecule has 1 aliphatic heterocycles. The zero-order chi connectivity index (χ0) is 11.5. The minimum absolute atomic E-state index is 0.0492. The van der Waals surface area contributed by atoms with E-state index in [9.17, 15) is 0 Å². The van der Waals surface area contributed by atoms with Crippen LogP contribution < -0.4 is 10.6 Å². The molecule has 88 valence electrons. The number of nitrogens with zero attached hydrogens (tertiary/aromatic N) is 1. The Balaban J connectivity index is 2.17. The van der Waals surface area contributed by atoms with Crippen molar-refractivity contribution >= 4 is 11.4 Å². The summed E-state index contributed by atoms with van der Waals surface area (Å²) >= 11 is 0.